The van der Waals surface area contributed by atoms with Gasteiger partial charge >= 0.3 is 0 Å². The lowest BCUT2D eigenvalue weighted by molar-refractivity contribution is -0.0326. The molecule has 1 aliphatic heterocycles. The predicted octanol–water partition coefficient (Wildman–Crippen LogP) is 3.94. The van der Waals surface area contributed by atoms with Crippen LogP contribution in [0.4, 0.5) is 0 Å². The summed E-state index contributed by atoms with van der Waals surface area (Å²) >= 11 is 0. The molecule has 20 heavy (non-hydrogen) atoms. The molecule has 2 heterocycles. The van der Waals surface area contributed by atoms with Gasteiger partial charge in [0.25, 0.3) is 0 Å². The van der Waals surface area contributed by atoms with Crippen molar-refractivity contribution in [2.75, 3.05) is 6.61 Å². The van der Waals surface area contributed by atoms with E-state index in [-0.39, 0.29) is 5.60 Å². The van der Waals surface area contributed by atoms with Crippen molar-refractivity contribution in [2.45, 2.75) is 19.1 Å². The molecule has 0 radical (unpaired) electrons. The molecule has 3 aromatic rings. The van der Waals surface area contributed by atoms with Crippen LogP contribution in [0.25, 0.3) is 10.9 Å². The minimum Gasteiger partial charge on any atom is -0.362 e. The zero-order valence-corrected chi connectivity index (χ0v) is 11.5. The van der Waals surface area contributed by atoms with Gasteiger partial charge in [0.1, 0.15) is 5.60 Å². The summed E-state index contributed by atoms with van der Waals surface area (Å²) in [7, 11) is 0. The van der Waals surface area contributed by atoms with Crippen molar-refractivity contribution in [3.63, 3.8) is 0 Å². The summed E-state index contributed by atoms with van der Waals surface area (Å²) < 4.78 is 8.58. The average molecular weight is 263 g/mol. The van der Waals surface area contributed by atoms with Gasteiger partial charge in [0.2, 0.25) is 0 Å². The third-order valence-electron chi connectivity index (χ3n) is 4.33. The van der Waals surface area contributed by atoms with Crippen molar-refractivity contribution >= 4 is 10.9 Å². The van der Waals surface area contributed by atoms with E-state index in [9.17, 15) is 0 Å². The highest BCUT2D eigenvalue weighted by Gasteiger charge is 2.36. The van der Waals surface area contributed by atoms with Gasteiger partial charge < -0.3 is 9.30 Å². The SMILES string of the molecule is CC1(c2ccccc2)OCCn2c1cc1ccccc12. The molecule has 0 amide bonds. The molecule has 4 rings (SSSR count). The second kappa shape index (κ2) is 4.22. The average Bonchev–Trinajstić information content (AvgIpc) is 2.89. The highest BCUT2D eigenvalue weighted by Crippen LogP contribution is 2.39. The number of hydrogen-bond acceptors (Lipinski definition) is 1. The molecule has 0 N–H and O–H groups in total. The largest absolute Gasteiger partial charge is 0.362 e. The Morgan fingerprint density at radius 3 is 2.60 bits per heavy atom. The predicted molar refractivity (Wildman–Crippen MR) is 80.8 cm³/mol. The van der Waals surface area contributed by atoms with Crippen LogP contribution >= 0.6 is 0 Å². The van der Waals surface area contributed by atoms with Crippen LogP contribution in [0, 0.1) is 0 Å². The van der Waals surface area contributed by atoms with Crippen LogP contribution in [0.1, 0.15) is 18.2 Å². The van der Waals surface area contributed by atoms with E-state index in [0.29, 0.717) is 0 Å². The van der Waals surface area contributed by atoms with E-state index >= 15 is 0 Å². The molecule has 0 fully saturated rings. The lowest BCUT2D eigenvalue weighted by Gasteiger charge is -2.36. The maximum absolute atomic E-state index is 6.19. The van der Waals surface area contributed by atoms with Crippen molar-refractivity contribution in [1.29, 1.82) is 0 Å². The zero-order valence-electron chi connectivity index (χ0n) is 11.5. The molecule has 1 aliphatic rings. The molecule has 0 bridgehead atoms. The topological polar surface area (TPSA) is 14.2 Å². The first kappa shape index (κ1) is 11.7. The molecular formula is C18H17NO. The summed E-state index contributed by atoms with van der Waals surface area (Å²) in [5.41, 5.74) is 3.39. The molecule has 1 atom stereocenters. The quantitative estimate of drug-likeness (QED) is 0.648. The van der Waals surface area contributed by atoms with Crippen molar-refractivity contribution in [3.8, 4) is 0 Å². The molecule has 0 spiro atoms. The monoisotopic (exact) mass is 263 g/mol. The van der Waals surface area contributed by atoms with Crippen molar-refractivity contribution in [1.82, 2.24) is 4.57 Å². The summed E-state index contributed by atoms with van der Waals surface area (Å²) in [5.74, 6) is 0. The number of benzene rings is 2. The first-order chi connectivity index (χ1) is 9.79. The van der Waals surface area contributed by atoms with Gasteiger partial charge in [-0.25, -0.2) is 0 Å². The van der Waals surface area contributed by atoms with Crippen molar-refractivity contribution < 1.29 is 4.74 Å². The van der Waals surface area contributed by atoms with Gasteiger partial charge in [0.05, 0.1) is 12.3 Å². The molecule has 2 heteroatoms. The smallest absolute Gasteiger partial charge is 0.130 e. The van der Waals surface area contributed by atoms with Gasteiger partial charge in [-0.3, -0.25) is 0 Å². The van der Waals surface area contributed by atoms with Crippen molar-refractivity contribution in [3.05, 3.63) is 71.9 Å². The Morgan fingerprint density at radius 1 is 1.00 bits per heavy atom. The highest BCUT2D eigenvalue weighted by atomic mass is 16.5. The number of fused-ring (bicyclic) bond motifs is 3. The maximum atomic E-state index is 6.19. The second-order valence-corrected chi connectivity index (χ2v) is 5.49. The van der Waals surface area contributed by atoms with Crippen LogP contribution in [-0.4, -0.2) is 11.2 Å². The van der Waals surface area contributed by atoms with Crippen LogP contribution in [0.2, 0.25) is 0 Å². The molecule has 2 aromatic carbocycles. The van der Waals surface area contributed by atoms with Gasteiger partial charge in [-0.15, -0.1) is 0 Å². The highest BCUT2D eigenvalue weighted by molar-refractivity contribution is 5.82. The minimum atomic E-state index is -0.363. The molecule has 2 nitrogen and oxygen atoms in total. The maximum Gasteiger partial charge on any atom is 0.130 e. The number of para-hydroxylation sites is 1. The van der Waals surface area contributed by atoms with Gasteiger partial charge in [-0.1, -0.05) is 48.5 Å². The van der Waals surface area contributed by atoms with E-state index in [1.807, 2.05) is 6.07 Å². The van der Waals surface area contributed by atoms with E-state index in [4.69, 9.17) is 4.74 Å². The Balaban J connectivity index is 1.99. The van der Waals surface area contributed by atoms with Crippen LogP contribution < -0.4 is 0 Å². The lowest BCUT2D eigenvalue weighted by Crippen LogP contribution is -2.36. The van der Waals surface area contributed by atoms with E-state index in [0.717, 1.165) is 13.2 Å². The molecule has 1 aromatic heterocycles. The minimum absolute atomic E-state index is 0.363. The molecule has 0 saturated heterocycles. The summed E-state index contributed by atoms with van der Waals surface area (Å²) in [4.78, 5) is 0. The molecule has 0 aliphatic carbocycles. The van der Waals surface area contributed by atoms with Crippen LogP contribution in [0.5, 0.6) is 0 Å². The third-order valence-corrected chi connectivity index (χ3v) is 4.33. The Labute approximate surface area is 118 Å². The Morgan fingerprint density at radius 2 is 1.75 bits per heavy atom. The fourth-order valence-electron chi connectivity index (χ4n) is 3.25. The zero-order chi connectivity index (χ0) is 13.6. The molecular weight excluding hydrogens is 246 g/mol. The summed E-state index contributed by atoms with van der Waals surface area (Å²) in [5, 5.41) is 1.29. The Kier molecular flexibility index (Phi) is 2.48. The second-order valence-electron chi connectivity index (χ2n) is 5.49. The van der Waals surface area contributed by atoms with Gasteiger partial charge in [0.15, 0.2) is 0 Å². The Bertz CT molecular complexity index is 759. The molecule has 100 valence electrons. The van der Waals surface area contributed by atoms with Crippen LogP contribution in [0.3, 0.4) is 0 Å². The first-order valence-electron chi connectivity index (χ1n) is 7.07. The van der Waals surface area contributed by atoms with Crippen molar-refractivity contribution in [2.24, 2.45) is 0 Å². The normalized spacial score (nSPS) is 21.9. The molecule has 0 saturated carbocycles. The standard InChI is InChI=1S/C18H17NO/c1-18(15-8-3-2-4-9-15)17-13-14-7-5-6-10-16(14)19(17)11-12-20-18/h2-10,13H,11-12H2,1H3. The van der Waals surface area contributed by atoms with E-state index in [1.165, 1.54) is 22.2 Å². The summed E-state index contributed by atoms with van der Waals surface area (Å²) in [6, 6.07) is 21.3. The molecule has 1 unspecified atom stereocenters. The fourth-order valence-corrected chi connectivity index (χ4v) is 3.25. The van der Waals surface area contributed by atoms with E-state index < -0.39 is 0 Å². The third kappa shape index (κ3) is 1.55. The number of rotatable bonds is 1. The van der Waals surface area contributed by atoms with Gasteiger partial charge in [-0.2, -0.15) is 0 Å². The van der Waals surface area contributed by atoms with Gasteiger partial charge in [-0.05, 0) is 30.0 Å². The number of nitrogens with zero attached hydrogens (tertiary/aromatic N) is 1. The van der Waals surface area contributed by atoms with Crippen LogP contribution in [0.15, 0.2) is 60.7 Å². The summed E-state index contributed by atoms with van der Waals surface area (Å²) in [6.45, 7) is 3.84. The Hall–Kier alpha value is -2.06. The fraction of sp³-hybridized carbons (Fsp3) is 0.222. The van der Waals surface area contributed by atoms with Crippen LogP contribution in [-0.2, 0) is 16.9 Å². The van der Waals surface area contributed by atoms with E-state index in [2.05, 4.69) is 66.1 Å². The van der Waals surface area contributed by atoms with Gasteiger partial charge in [0, 0.05) is 12.1 Å². The summed E-state index contributed by atoms with van der Waals surface area (Å²) in [6.07, 6.45) is 0. The lowest BCUT2D eigenvalue weighted by atomic mass is 9.91. The number of ether oxygens (including phenoxy) is 1. The number of aromatic nitrogens is 1. The number of hydrogen-bond donors (Lipinski definition) is 0. The van der Waals surface area contributed by atoms with E-state index in [1.54, 1.807) is 0 Å². The first-order valence-corrected chi connectivity index (χ1v) is 7.07.